The second kappa shape index (κ2) is 7.63. The number of benzene rings is 1. The van der Waals surface area contributed by atoms with Gasteiger partial charge in [0, 0.05) is 26.7 Å². The first kappa shape index (κ1) is 16.1. The van der Waals surface area contributed by atoms with Crippen molar-refractivity contribution in [3.8, 4) is 0 Å². The standard InChI is InChI=1S/C15H21N5.HI/c1-16-15(18-10-12-6-7-12)17-8-9-20-11-19-13-4-2-3-5-14(13)20;/h2-5,11-12H,6-10H2,1H3,(H2,16,17,18);1H. The third-order valence-corrected chi connectivity index (χ3v) is 3.65. The van der Waals surface area contributed by atoms with Gasteiger partial charge in [-0.05, 0) is 30.9 Å². The second-order valence-corrected chi connectivity index (χ2v) is 5.25. The molecule has 5 nitrogen and oxygen atoms in total. The van der Waals surface area contributed by atoms with E-state index in [4.69, 9.17) is 0 Å². The van der Waals surface area contributed by atoms with E-state index in [9.17, 15) is 0 Å². The third-order valence-electron chi connectivity index (χ3n) is 3.65. The fourth-order valence-electron chi connectivity index (χ4n) is 2.27. The third kappa shape index (κ3) is 4.33. The fourth-order valence-corrected chi connectivity index (χ4v) is 2.27. The second-order valence-electron chi connectivity index (χ2n) is 5.25. The lowest BCUT2D eigenvalue weighted by Crippen LogP contribution is -2.39. The minimum absolute atomic E-state index is 0. The van der Waals surface area contributed by atoms with E-state index >= 15 is 0 Å². The summed E-state index contributed by atoms with van der Waals surface area (Å²) in [6.07, 6.45) is 4.60. The molecule has 1 fully saturated rings. The lowest BCUT2D eigenvalue weighted by molar-refractivity contribution is 0.668. The molecule has 1 aliphatic rings. The molecule has 0 unspecified atom stereocenters. The minimum atomic E-state index is 0. The van der Waals surface area contributed by atoms with Crippen molar-refractivity contribution in [1.29, 1.82) is 0 Å². The molecule has 6 heteroatoms. The smallest absolute Gasteiger partial charge is 0.191 e. The van der Waals surface area contributed by atoms with E-state index in [1.165, 1.54) is 18.4 Å². The molecule has 2 aromatic rings. The van der Waals surface area contributed by atoms with E-state index in [0.717, 1.165) is 37.0 Å². The molecule has 1 heterocycles. The Morgan fingerprint density at radius 1 is 1.33 bits per heavy atom. The van der Waals surface area contributed by atoms with Gasteiger partial charge in [-0.1, -0.05) is 12.1 Å². The Labute approximate surface area is 142 Å². The molecule has 0 aliphatic heterocycles. The van der Waals surface area contributed by atoms with E-state index < -0.39 is 0 Å². The van der Waals surface area contributed by atoms with Gasteiger partial charge in [0.05, 0.1) is 17.4 Å². The van der Waals surface area contributed by atoms with Crippen molar-refractivity contribution in [1.82, 2.24) is 20.2 Å². The maximum absolute atomic E-state index is 4.39. The minimum Gasteiger partial charge on any atom is -0.356 e. The Hall–Kier alpha value is -1.31. The van der Waals surface area contributed by atoms with Crippen molar-refractivity contribution < 1.29 is 0 Å². The van der Waals surface area contributed by atoms with Gasteiger partial charge in [-0.25, -0.2) is 4.98 Å². The highest BCUT2D eigenvalue weighted by atomic mass is 127. The molecule has 0 radical (unpaired) electrons. The van der Waals surface area contributed by atoms with E-state index in [1.807, 2.05) is 31.6 Å². The summed E-state index contributed by atoms with van der Waals surface area (Å²) in [5.41, 5.74) is 2.22. The molecule has 1 aliphatic carbocycles. The zero-order valence-corrected chi connectivity index (χ0v) is 14.6. The van der Waals surface area contributed by atoms with Crippen LogP contribution in [0.4, 0.5) is 0 Å². The van der Waals surface area contributed by atoms with Crippen LogP contribution in [0.25, 0.3) is 11.0 Å². The summed E-state index contributed by atoms with van der Waals surface area (Å²) in [4.78, 5) is 8.63. The number of hydrogen-bond acceptors (Lipinski definition) is 2. The van der Waals surface area contributed by atoms with Crippen LogP contribution in [0.2, 0.25) is 0 Å². The molecular weight excluding hydrogens is 377 g/mol. The summed E-state index contributed by atoms with van der Waals surface area (Å²) < 4.78 is 2.16. The first-order valence-corrected chi connectivity index (χ1v) is 7.21. The summed E-state index contributed by atoms with van der Waals surface area (Å²) in [5, 5.41) is 6.71. The Kier molecular flexibility index (Phi) is 5.84. The van der Waals surface area contributed by atoms with Crippen LogP contribution in [-0.4, -0.2) is 35.6 Å². The molecule has 1 aromatic carbocycles. The van der Waals surface area contributed by atoms with Crippen molar-refractivity contribution >= 4 is 41.0 Å². The first-order chi connectivity index (χ1) is 9.86. The van der Waals surface area contributed by atoms with Gasteiger partial charge in [-0.2, -0.15) is 0 Å². The Bertz CT molecular complexity index is 603. The number of fused-ring (bicyclic) bond motifs is 1. The van der Waals surface area contributed by atoms with Crippen molar-refractivity contribution in [3.05, 3.63) is 30.6 Å². The van der Waals surface area contributed by atoms with Gasteiger partial charge in [0.25, 0.3) is 0 Å². The summed E-state index contributed by atoms with van der Waals surface area (Å²) in [5.74, 6) is 1.74. The molecular formula is C15H22IN5. The fraction of sp³-hybridized carbons (Fsp3) is 0.467. The highest BCUT2D eigenvalue weighted by Crippen LogP contribution is 2.27. The van der Waals surface area contributed by atoms with Crippen LogP contribution < -0.4 is 10.6 Å². The number of guanidine groups is 1. The molecule has 114 valence electrons. The first-order valence-electron chi connectivity index (χ1n) is 7.21. The zero-order valence-electron chi connectivity index (χ0n) is 12.2. The zero-order chi connectivity index (χ0) is 13.8. The van der Waals surface area contributed by atoms with Gasteiger partial charge >= 0.3 is 0 Å². The van der Waals surface area contributed by atoms with Crippen LogP contribution in [0.1, 0.15) is 12.8 Å². The predicted octanol–water partition coefficient (Wildman–Crippen LogP) is 2.23. The van der Waals surface area contributed by atoms with Crippen molar-refractivity contribution in [2.24, 2.45) is 10.9 Å². The number of nitrogens with one attached hydrogen (secondary N) is 2. The highest BCUT2D eigenvalue weighted by Gasteiger charge is 2.20. The number of nitrogens with zero attached hydrogens (tertiary/aromatic N) is 3. The Balaban J connectivity index is 0.00000161. The largest absolute Gasteiger partial charge is 0.356 e. The van der Waals surface area contributed by atoms with E-state index in [0.29, 0.717) is 0 Å². The van der Waals surface area contributed by atoms with Crippen molar-refractivity contribution in [2.45, 2.75) is 19.4 Å². The molecule has 2 N–H and O–H groups in total. The van der Waals surface area contributed by atoms with Gasteiger partial charge in [0.2, 0.25) is 0 Å². The van der Waals surface area contributed by atoms with Gasteiger partial charge in [-0.3, -0.25) is 4.99 Å². The summed E-state index contributed by atoms with van der Waals surface area (Å²) in [6.45, 7) is 2.75. The van der Waals surface area contributed by atoms with Crippen LogP contribution in [-0.2, 0) is 6.54 Å². The predicted molar refractivity (Wildman–Crippen MR) is 97.2 cm³/mol. The number of hydrogen-bond donors (Lipinski definition) is 2. The van der Waals surface area contributed by atoms with Crippen LogP contribution in [0.5, 0.6) is 0 Å². The molecule has 21 heavy (non-hydrogen) atoms. The number of imidazole rings is 1. The molecule has 0 saturated heterocycles. The maximum Gasteiger partial charge on any atom is 0.191 e. The Morgan fingerprint density at radius 2 is 2.14 bits per heavy atom. The number of aromatic nitrogens is 2. The van der Waals surface area contributed by atoms with Crippen LogP contribution in [0.3, 0.4) is 0 Å². The number of para-hydroxylation sites is 2. The SMILES string of the molecule is CN=C(NCCn1cnc2ccccc21)NCC1CC1.I. The highest BCUT2D eigenvalue weighted by molar-refractivity contribution is 14.0. The summed E-state index contributed by atoms with van der Waals surface area (Å²) in [6, 6.07) is 8.20. The summed E-state index contributed by atoms with van der Waals surface area (Å²) in [7, 11) is 1.81. The number of rotatable bonds is 5. The van der Waals surface area contributed by atoms with E-state index in [-0.39, 0.29) is 24.0 Å². The van der Waals surface area contributed by atoms with Gasteiger partial charge in [-0.15, -0.1) is 24.0 Å². The monoisotopic (exact) mass is 399 g/mol. The molecule has 0 atom stereocenters. The quantitative estimate of drug-likeness (QED) is 0.461. The molecule has 1 saturated carbocycles. The molecule has 0 spiro atoms. The van der Waals surface area contributed by atoms with Gasteiger partial charge in [0.15, 0.2) is 5.96 Å². The van der Waals surface area contributed by atoms with Crippen LogP contribution in [0.15, 0.2) is 35.6 Å². The average molecular weight is 399 g/mol. The summed E-state index contributed by atoms with van der Waals surface area (Å²) >= 11 is 0. The van der Waals surface area contributed by atoms with E-state index in [1.54, 1.807) is 0 Å². The van der Waals surface area contributed by atoms with Gasteiger partial charge in [0.1, 0.15) is 0 Å². The molecule has 0 bridgehead atoms. The Morgan fingerprint density at radius 3 is 2.90 bits per heavy atom. The van der Waals surface area contributed by atoms with Gasteiger partial charge < -0.3 is 15.2 Å². The maximum atomic E-state index is 4.39. The topological polar surface area (TPSA) is 54.2 Å². The molecule has 1 aromatic heterocycles. The number of aliphatic imine (C=N–C) groups is 1. The normalized spacial score (nSPS) is 14.8. The average Bonchev–Trinajstić information content (AvgIpc) is 3.23. The number of halogens is 1. The van der Waals surface area contributed by atoms with Crippen LogP contribution in [0, 0.1) is 5.92 Å². The lowest BCUT2D eigenvalue weighted by atomic mass is 10.3. The molecule has 0 amide bonds. The van der Waals surface area contributed by atoms with Crippen molar-refractivity contribution in [3.63, 3.8) is 0 Å². The molecule has 3 rings (SSSR count). The van der Waals surface area contributed by atoms with Crippen molar-refractivity contribution in [2.75, 3.05) is 20.1 Å². The van der Waals surface area contributed by atoms with Crippen LogP contribution >= 0.6 is 24.0 Å². The lowest BCUT2D eigenvalue weighted by Gasteiger charge is -2.12. The van der Waals surface area contributed by atoms with E-state index in [2.05, 4.69) is 31.2 Å².